The van der Waals surface area contributed by atoms with Crippen LogP contribution < -0.4 is 16.8 Å². The van der Waals surface area contributed by atoms with Crippen molar-refractivity contribution in [2.45, 2.75) is 32.6 Å². The molecule has 10 heteroatoms. The van der Waals surface area contributed by atoms with Gasteiger partial charge in [0, 0.05) is 35.9 Å². The van der Waals surface area contributed by atoms with Gasteiger partial charge in [-0.25, -0.2) is 4.39 Å². The van der Waals surface area contributed by atoms with Crippen LogP contribution in [-0.4, -0.2) is 33.1 Å². The predicted molar refractivity (Wildman–Crippen MR) is 122 cm³/mol. The number of Topliss-reactive ketones (excluding diaryl/α,β-unsaturated/α-hetero) is 1. The van der Waals surface area contributed by atoms with Crippen molar-refractivity contribution < 1.29 is 18.8 Å². The van der Waals surface area contributed by atoms with Crippen molar-refractivity contribution in [1.29, 1.82) is 5.41 Å². The summed E-state index contributed by atoms with van der Waals surface area (Å²) in [7, 11) is 1.53. The number of hydrogen-bond donors (Lipinski definition) is 4. The van der Waals surface area contributed by atoms with Gasteiger partial charge >= 0.3 is 0 Å². The number of ketones is 1. The predicted octanol–water partition coefficient (Wildman–Crippen LogP) is 2.63. The van der Waals surface area contributed by atoms with E-state index >= 15 is 0 Å². The topological polar surface area (TPSA) is 157 Å². The van der Waals surface area contributed by atoms with Crippen molar-refractivity contribution in [3.05, 3.63) is 53.1 Å². The quantitative estimate of drug-likeness (QED) is 0.374. The lowest BCUT2D eigenvalue weighted by molar-refractivity contribution is -0.122. The number of primary amides is 1. The Balaban J connectivity index is 1.84. The van der Waals surface area contributed by atoms with Gasteiger partial charge in [-0.2, -0.15) is 5.10 Å². The Morgan fingerprint density at radius 3 is 2.48 bits per heavy atom. The number of allylic oxidation sites excluding steroid dienone is 1. The molecule has 6 N–H and O–H groups in total. The van der Waals surface area contributed by atoms with Crippen LogP contribution in [0.4, 0.5) is 10.1 Å². The molecule has 1 heterocycles. The molecule has 0 spiro atoms. The van der Waals surface area contributed by atoms with E-state index in [1.165, 1.54) is 36.1 Å². The minimum atomic E-state index is -0.740. The summed E-state index contributed by atoms with van der Waals surface area (Å²) in [6.45, 7) is 1.55. The number of carbonyl (C=O) groups is 3. The average Bonchev–Trinajstić information content (AvgIpc) is 3.12. The van der Waals surface area contributed by atoms with Gasteiger partial charge in [0.2, 0.25) is 5.91 Å². The number of nitrogens with two attached hydrogens (primary N) is 2. The summed E-state index contributed by atoms with van der Waals surface area (Å²) in [6, 6.07) is 4.05. The smallest absolute Gasteiger partial charge is 0.269 e. The standard InChI is InChI=1S/C23H27FN6O3/c1-12(25)9-18(26)13-7-8-16(17(24)10-13)21(31)14-5-3-4-6-15(14)23(33)29-19-11-28-30(2)20(19)22(27)32/h7-11,14-15,25H,3-6,26H2,1-2H3,(H2,27,32)(H,29,33)/b18-9-,25-12?. The third kappa shape index (κ3) is 5.16. The highest BCUT2D eigenvalue weighted by Crippen LogP contribution is 2.34. The molecule has 9 nitrogen and oxygen atoms in total. The van der Waals surface area contributed by atoms with E-state index in [1.54, 1.807) is 6.92 Å². The maximum Gasteiger partial charge on any atom is 0.269 e. The number of rotatable bonds is 7. The van der Waals surface area contributed by atoms with Gasteiger partial charge < -0.3 is 22.2 Å². The van der Waals surface area contributed by atoms with Gasteiger partial charge in [-0.05, 0) is 38.0 Å². The van der Waals surface area contributed by atoms with Crippen molar-refractivity contribution >= 4 is 34.7 Å². The molecule has 0 radical (unpaired) electrons. The van der Waals surface area contributed by atoms with Crippen LogP contribution in [0.15, 0.2) is 30.5 Å². The molecule has 1 aliphatic rings. The lowest BCUT2D eigenvalue weighted by Gasteiger charge is -2.29. The summed E-state index contributed by atoms with van der Waals surface area (Å²) < 4.78 is 16.1. The van der Waals surface area contributed by atoms with Gasteiger partial charge in [-0.1, -0.05) is 18.9 Å². The van der Waals surface area contributed by atoms with E-state index in [-0.39, 0.29) is 28.4 Å². The fraction of sp³-hybridized carbons (Fsp3) is 0.348. The largest absolute Gasteiger partial charge is 0.398 e. The Labute approximate surface area is 190 Å². The van der Waals surface area contributed by atoms with E-state index in [9.17, 15) is 18.8 Å². The molecule has 2 unspecified atom stereocenters. The van der Waals surface area contributed by atoms with Gasteiger partial charge in [-0.3, -0.25) is 19.1 Å². The third-order valence-electron chi connectivity index (χ3n) is 5.81. The Morgan fingerprint density at radius 1 is 1.21 bits per heavy atom. The number of amides is 2. The van der Waals surface area contributed by atoms with Crippen LogP contribution >= 0.6 is 0 Å². The molecule has 2 atom stereocenters. The number of anilines is 1. The minimum Gasteiger partial charge on any atom is -0.398 e. The molecular formula is C23H27FN6O3. The zero-order valence-corrected chi connectivity index (χ0v) is 18.5. The van der Waals surface area contributed by atoms with E-state index in [0.717, 1.165) is 18.9 Å². The molecule has 33 heavy (non-hydrogen) atoms. The Bertz CT molecular complexity index is 1150. The highest BCUT2D eigenvalue weighted by molar-refractivity contribution is 6.05. The number of nitrogens with zero attached hydrogens (tertiary/aromatic N) is 2. The number of carbonyl (C=O) groups excluding carboxylic acids is 3. The zero-order chi connectivity index (χ0) is 24.3. The van der Waals surface area contributed by atoms with E-state index in [4.69, 9.17) is 16.9 Å². The van der Waals surface area contributed by atoms with Crippen molar-refractivity contribution in [3.8, 4) is 0 Å². The summed E-state index contributed by atoms with van der Waals surface area (Å²) >= 11 is 0. The van der Waals surface area contributed by atoms with Crippen LogP contribution in [0.2, 0.25) is 0 Å². The second kappa shape index (κ2) is 9.76. The van der Waals surface area contributed by atoms with Crippen molar-refractivity contribution in [2.75, 3.05) is 5.32 Å². The van der Waals surface area contributed by atoms with Crippen LogP contribution in [0, 0.1) is 23.1 Å². The fourth-order valence-corrected chi connectivity index (χ4v) is 4.22. The van der Waals surface area contributed by atoms with Gasteiger partial charge in [0.1, 0.15) is 11.5 Å². The number of hydrogen-bond acceptors (Lipinski definition) is 6. The molecule has 1 aliphatic carbocycles. The summed E-state index contributed by atoms with van der Waals surface area (Å²) in [5.41, 5.74) is 12.2. The summed E-state index contributed by atoms with van der Waals surface area (Å²) in [6.07, 6.45) is 5.13. The molecule has 0 aliphatic heterocycles. The van der Waals surface area contributed by atoms with Crippen LogP contribution in [0.5, 0.6) is 0 Å². The molecule has 174 valence electrons. The van der Waals surface area contributed by atoms with Gasteiger partial charge in [-0.15, -0.1) is 0 Å². The first kappa shape index (κ1) is 23.8. The minimum absolute atomic E-state index is 0.0504. The highest BCUT2D eigenvalue weighted by Gasteiger charge is 2.37. The van der Waals surface area contributed by atoms with Gasteiger partial charge in [0.25, 0.3) is 5.91 Å². The Hall–Kier alpha value is -3.82. The first-order chi connectivity index (χ1) is 15.6. The van der Waals surface area contributed by atoms with Crippen molar-refractivity contribution in [1.82, 2.24) is 9.78 Å². The molecular weight excluding hydrogens is 427 g/mol. The summed E-state index contributed by atoms with van der Waals surface area (Å²) in [5.74, 6) is -3.75. The van der Waals surface area contributed by atoms with E-state index in [1.807, 2.05) is 0 Å². The second-order valence-electron chi connectivity index (χ2n) is 8.22. The second-order valence-corrected chi connectivity index (χ2v) is 8.22. The van der Waals surface area contributed by atoms with Crippen molar-refractivity contribution in [3.63, 3.8) is 0 Å². The first-order valence-electron chi connectivity index (χ1n) is 10.6. The Kier molecular flexibility index (Phi) is 7.05. The summed E-state index contributed by atoms with van der Waals surface area (Å²) in [5, 5.41) is 14.1. The Morgan fingerprint density at radius 2 is 1.88 bits per heavy atom. The number of aromatic nitrogens is 2. The van der Waals surface area contributed by atoms with Crippen LogP contribution in [0.1, 0.15) is 59.0 Å². The van der Waals surface area contributed by atoms with Crippen LogP contribution in [0.25, 0.3) is 5.70 Å². The molecule has 1 fully saturated rings. The zero-order valence-electron chi connectivity index (χ0n) is 18.5. The fourth-order valence-electron chi connectivity index (χ4n) is 4.22. The average molecular weight is 455 g/mol. The van der Waals surface area contributed by atoms with Crippen LogP contribution in [-0.2, 0) is 11.8 Å². The lowest BCUT2D eigenvalue weighted by atomic mass is 9.74. The maximum atomic E-state index is 14.9. The molecule has 1 saturated carbocycles. The molecule has 1 aromatic carbocycles. The molecule has 2 aromatic rings. The van der Waals surface area contributed by atoms with E-state index in [0.29, 0.717) is 18.4 Å². The number of benzene rings is 1. The maximum absolute atomic E-state index is 14.9. The molecule has 1 aromatic heterocycles. The number of halogens is 1. The first-order valence-corrected chi connectivity index (χ1v) is 10.6. The highest BCUT2D eigenvalue weighted by atomic mass is 19.1. The van der Waals surface area contributed by atoms with Crippen LogP contribution in [0.3, 0.4) is 0 Å². The SMILES string of the molecule is CC(=N)/C=C(\N)c1ccc(C(=O)C2CCCCC2C(=O)Nc2cnn(C)c2C(N)=O)c(F)c1. The lowest BCUT2D eigenvalue weighted by Crippen LogP contribution is -2.36. The molecule has 3 rings (SSSR count). The number of aryl methyl sites for hydroxylation is 1. The summed E-state index contributed by atoms with van der Waals surface area (Å²) in [4.78, 5) is 38.0. The van der Waals surface area contributed by atoms with Gasteiger partial charge in [0.15, 0.2) is 5.78 Å². The molecule has 0 bridgehead atoms. The van der Waals surface area contributed by atoms with Crippen molar-refractivity contribution in [2.24, 2.45) is 30.4 Å². The van der Waals surface area contributed by atoms with E-state index in [2.05, 4.69) is 10.4 Å². The monoisotopic (exact) mass is 454 g/mol. The third-order valence-corrected chi connectivity index (χ3v) is 5.81. The molecule has 0 saturated heterocycles. The molecule has 2 amide bonds. The van der Waals surface area contributed by atoms with E-state index < -0.39 is 35.3 Å². The normalized spacial score (nSPS) is 18.6. The van der Waals surface area contributed by atoms with Gasteiger partial charge in [0.05, 0.1) is 17.4 Å². The number of nitrogens with one attached hydrogen (secondary N) is 2.